The Morgan fingerprint density at radius 1 is 1.22 bits per heavy atom. The molecule has 7 nitrogen and oxygen atoms in total. The van der Waals surface area contributed by atoms with Gasteiger partial charge in [-0.05, 0) is 42.8 Å². The van der Waals surface area contributed by atoms with Crippen LogP contribution in [-0.2, 0) is 0 Å². The Kier molecular flexibility index (Phi) is 5.72. The summed E-state index contributed by atoms with van der Waals surface area (Å²) in [5.74, 6) is 3.17. The van der Waals surface area contributed by atoms with E-state index in [0.29, 0.717) is 12.7 Å². The van der Waals surface area contributed by atoms with Crippen LogP contribution >= 0.6 is 0 Å². The molecule has 1 aromatic carbocycles. The van der Waals surface area contributed by atoms with Crippen molar-refractivity contribution in [3.05, 3.63) is 48.2 Å². The molecule has 3 heterocycles. The fourth-order valence-electron chi connectivity index (χ4n) is 3.61. The molecule has 1 saturated heterocycles. The molecule has 0 bridgehead atoms. The van der Waals surface area contributed by atoms with Crippen molar-refractivity contribution in [3.63, 3.8) is 0 Å². The monoisotopic (exact) mass is 369 g/mol. The second-order valence-electron chi connectivity index (χ2n) is 7.04. The summed E-state index contributed by atoms with van der Waals surface area (Å²) in [5.41, 5.74) is 7.91. The zero-order valence-corrected chi connectivity index (χ0v) is 15.6. The first-order valence-electron chi connectivity index (χ1n) is 9.52. The number of pyridine rings is 1. The van der Waals surface area contributed by atoms with Crippen molar-refractivity contribution in [2.24, 2.45) is 5.92 Å². The van der Waals surface area contributed by atoms with Gasteiger partial charge in [0.25, 0.3) is 0 Å². The molecule has 0 amide bonds. The summed E-state index contributed by atoms with van der Waals surface area (Å²) >= 11 is 0. The third-order valence-electron chi connectivity index (χ3n) is 5.14. The van der Waals surface area contributed by atoms with Gasteiger partial charge >= 0.3 is 0 Å². The highest BCUT2D eigenvalue weighted by Crippen LogP contribution is 2.36. The number of fused-ring (bicyclic) bond motifs is 1. The Morgan fingerprint density at radius 2 is 2.15 bits per heavy atom. The average molecular weight is 369 g/mol. The maximum Gasteiger partial charge on any atom is 0.231 e. The fourth-order valence-corrected chi connectivity index (χ4v) is 3.61. The quantitative estimate of drug-likeness (QED) is 0.612. The van der Waals surface area contributed by atoms with Crippen molar-refractivity contribution in [1.29, 1.82) is 0 Å². The highest BCUT2D eigenvalue weighted by atomic mass is 16.7. The van der Waals surface area contributed by atoms with Crippen LogP contribution in [0, 0.1) is 5.92 Å². The Balaban J connectivity index is 1.22. The molecule has 0 radical (unpaired) electrons. The van der Waals surface area contributed by atoms with E-state index in [1.54, 1.807) is 0 Å². The second kappa shape index (κ2) is 8.56. The van der Waals surface area contributed by atoms with Crippen LogP contribution in [0.2, 0.25) is 0 Å². The molecule has 2 aromatic rings. The summed E-state index contributed by atoms with van der Waals surface area (Å²) in [5, 5.41) is 3.60. The van der Waals surface area contributed by atoms with E-state index in [0.717, 1.165) is 49.9 Å². The molecule has 7 heteroatoms. The Labute approximate surface area is 160 Å². The molecule has 3 N–H and O–H groups in total. The van der Waals surface area contributed by atoms with Crippen LogP contribution < -0.4 is 30.5 Å². The zero-order chi connectivity index (χ0) is 18.5. The number of ether oxygens (including phenoxy) is 2. The number of rotatable bonds is 8. The van der Waals surface area contributed by atoms with Gasteiger partial charge in [0.2, 0.25) is 6.79 Å². The minimum absolute atomic E-state index is 0.267. The van der Waals surface area contributed by atoms with Crippen LogP contribution in [0.5, 0.6) is 11.5 Å². The normalized spacial score (nSPS) is 20.8. The van der Waals surface area contributed by atoms with Crippen LogP contribution in [0.3, 0.4) is 0 Å². The number of hydrazine groups is 1. The Morgan fingerprint density at radius 3 is 3.04 bits per heavy atom. The second-order valence-corrected chi connectivity index (χ2v) is 7.04. The third-order valence-corrected chi connectivity index (χ3v) is 5.14. The largest absolute Gasteiger partial charge is 0.454 e. The Hall–Kier alpha value is -2.35. The predicted octanol–water partition coefficient (Wildman–Crippen LogP) is 1.69. The van der Waals surface area contributed by atoms with Gasteiger partial charge in [-0.2, -0.15) is 0 Å². The zero-order valence-electron chi connectivity index (χ0n) is 15.6. The van der Waals surface area contributed by atoms with E-state index >= 15 is 0 Å². The van der Waals surface area contributed by atoms with Gasteiger partial charge in [0, 0.05) is 38.8 Å². The summed E-state index contributed by atoms with van der Waals surface area (Å²) in [4.78, 5) is 6.57. The van der Waals surface area contributed by atoms with Crippen molar-refractivity contribution in [2.75, 3.05) is 44.9 Å². The lowest BCUT2D eigenvalue weighted by atomic mass is 9.94. The molecule has 2 aliphatic heterocycles. The van der Waals surface area contributed by atoms with Gasteiger partial charge in [-0.15, -0.1) is 0 Å². The lowest BCUT2D eigenvalue weighted by molar-refractivity contribution is 0.174. The number of nitrogens with zero attached hydrogens (tertiary/aromatic N) is 2. The van der Waals surface area contributed by atoms with Crippen molar-refractivity contribution in [3.8, 4) is 11.5 Å². The SMILES string of the molecule is CN(CCCNCC1CNNC1c1ccc2c(c1)OCO2)c1ccccn1. The van der Waals surface area contributed by atoms with Gasteiger partial charge in [-0.3, -0.25) is 5.43 Å². The van der Waals surface area contributed by atoms with E-state index in [2.05, 4.69) is 45.2 Å². The molecular weight excluding hydrogens is 342 g/mol. The predicted molar refractivity (Wildman–Crippen MR) is 105 cm³/mol. The van der Waals surface area contributed by atoms with Crippen LogP contribution in [0.25, 0.3) is 0 Å². The molecule has 27 heavy (non-hydrogen) atoms. The van der Waals surface area contributed by atoms with Crippen LogP contribution in [-0.4, -0.2) is 45.0 Å². The number of hydrogen-bond acceptors (Lipinski definition) is 7. The van der Waals surface area contributed by atoms with Gasteiger partial charge < -0.3 is 19.7 Å². The van der Waals surface area contributed by atoms with Crippen LogP contribution in [0.4, 0.5) is 5.82 Å². The maximum absolute atomic E-state index is 5.51. The fraction of sp³-hybridized carbons (Fsp3) is 0.450. The van der Waals surface area contributed by atoms with E-state index in [4.69, 9.17) is 9.47 Å². The molecule has 1 aromatic heterocycles. The van der Waals surface area contributed by atoms with Crippen molar-refractivity contribution in [1.82, 2.24) is 21.2 Å². The highest BCUT2D eigenvalue weighted by Gasteiger charge is 2.29. The first-order valence-corrected chi connectivity index (χ1v) is 9.52. The van der Waals surface area contributed by atoms with E-state index in [1.165, 1.54) is 5.56 Å². The summed E-state index contributed by atoms with van der Waals surface area (Å²) in [6.45, 7) is 4.19. The van der Waals surface area contributed by atoms with Crippen molar-refractivity contribution < 1.29 is 9.47 Å². The van der Waals surface area contributed by atoms with Gasteiger partial charge in [0.15, 0.2) is 11.5 Å². The molecular formula is C20H27N5O2. The smallest absolute Gasteiger partial charge is 0.231 e. The number of anilines is 1. The van der Waals surface area contributed by atoms with Gasteiger partial charge in [-0.25, -0.2) is 10.4 Å². The molecule has 0 aliphatic carbocycles. The molecule has 2 aliphatic rings. The highest BCUT2D eigenvalue weighted by molar-refractivity contribution is 5.45. The molecule has 1 fully saturated rings. The third kappa shape index (κ3) is 4.32. The molecule has 2 unspecified atom stereocenters. The van der Waals surface area contributed by atoms with Gasteiger partial charge in [-0.1, -0.05) is 12.1 Å². The summed E-state index contributed by atoms with van der Waals surface area (Å²) < 4.78 is 10.9. The van der Waals surface area contributed by atoms with E-state index in [1.807, 2.05) is 30.5 Å². The lowest BCUT2D eigenvalue weighted by Gasteiger charge is -2.21. The maximum atomic E-state index is 5.51. The van der Waals surface area contributed by atoms with E-state index in [9.17, 15) is 0 Å². The number of benzene rings is 1. The number of nitrogens with one attached hydrogen (secondary N) is 3. The summed E-state index contributed by atoms with van der Waals surface area (Å²) in [6, 6.07) is 12.5. The van der Waals surface area contributed by atoms with Crippen molar-refractivity contribution >= 4 is 5.82 Å². The van der Waals surface area contributed by atoms with Gasteiger partial charge in [0.1, 0.15) is 5.82 Å². The van der Waals surface area contributed by atoms with Crippen LogP contribution in [0.15, 0.2) is 42.6 Å². The minimum atomic E-state index is 0.267. The molecule has 144 valence electrons. The number of aromatic nitrogens is 1. The van der Waals surface area contributed by atoms with E-state index < -0.39 is 0 Å². The topological polar surface area (TPSA) is 70.7 Å². The minimum Gasteiger partial charge on any atom is -0.454 e. The summed E-state index contributed by atoms with van der Waals surface area (Å²) in [6.07, 6.45) is 2.91. The lowest BCUT2D eigenvalue weighted by Crippen LogP contribution is -2.31. The number of hydrogen-bond donors (Lipinski definition) is 3. The van der Waals surface area contributed by atoms with E-state index in [-0.39, 0.29) is 6.04 Å². The molecule has 4 rings (SSSR count). The molecule has 0 spiro atoms. The first kappa shape index (κ1) is 18.0. The first-order chi connectivity index (χ1) is 13.3. The van der Waals surface area contributed by atoms with Gasteiger partial charge in [0.05, 0.1) is 6.04 Å². The Bertz CT molecular complexity index is 742. The van der Waals surface area contributed by atoms with Crippen LogP contribution in [0.1, 0.15) is 18.0 Å². The average Bonchev–Trinajstić information content (AvgIpc) is 3.36. The molecule has 0 saturated carbocycles. The molecule has 2 atom stereocenters. The summed E-state index contributed by atoms with van der Waals surface area (Å²) in [7, 11) is 2.09. The van der Waals surface area contributed by atoms with Crippen molar-refractivity contribution in [2.45, 2.75) is 12.5 Å². The standard InChI is InChI=1S/C20H27N5O2/c1-25(19-5-2-3-9-22-19)10-4-8-21-12-16-13-23-24-20(16)15-6-7-17-18(11-15)27-14-26-17/h2-3,5-7,9,11,16,20-21,23-24H,4,8,10,12-14H2,1H3.